The summed E-state index contributed by atoms with van der Waals surface area (Å²) in [5, 5.41) is 19.1. The number of hydrogen-bond donors (Lipinski definition) is 5. The predicted octanol–water partition coefficient (Wildman–Crippen LogP) is 6.20. The van der Waals surface area contributed by atoms with Gasteiger partial charge < -0.3 is 31.3 Å². The van der Waals surface area contributed by atoms with Gasteiger partial charge in [-0.05, 0) is 147 Å². The fraction of sp³-hybridized carbons (Fsp3) is 0.972. The number of esters is 1. The van der Waals surface area contributed by atoms with Crippen LogP contribution in [0.3, 0.4) is 0 Å². The topological polar surface area (TPSA) is 86.5 Å². The van der Waals surface area contributed by atoms with Gasteiger partial charge in [-0.25, -0.2) is 0 Å². The Balaban J connectivity index is 1.51. The highest BCUT2D eigenvalue weighted by Crippen LogP contribution is 2.32. The number of nitrogens with one attached hydrogen (secondary N) is 5. The molecule has 1 atom stereocenters. The first-order valence-electron chi connectivity index (χ1n) is 17.6. The maximum atomic E-state index is 13.1. The van der Waals surface area contributed by atoms with Crippen LogP contribution in [0.4, 0.5) is 0 Å². The van der Waals surface area contributed by atoms with Crippen molar-refractivity contribution < 1.29 is 9.53 Å². The largest absolute Gasteiger partial charge is 0.462 e. The van der Waals surface area contributed by atoms with Crippen LogP contribution in [0, 0.1) is 5.92 Å². The van der Waals surface area contributed by atoms with E-state index in [0.717, 1.165) is 51.6 Å². The summed E-state index contributed by atoms with van der Waals surface area (Å²) in [6, 6.07) is 1.06. The summed E-state index contributed by atoms with van der Waals surface area (Å²) in [4.78, 5) is 13.1. The number of ether oxygens (including phenoxy) is 1. The van der Waals surface area contributed by atoms with Gasteiger partial charge in [0.1, 0.15) is 6.10 Å². The van der Waals surface area contributed by atoms with Crippen molar-refractivity contribution in [1.29, 1.82) is 0 Å². The lowest BCUT2D eigenvalue weighted by atomic mass is 9.79. The molecule has 0 radical (unpaired) electrons. The van der Waals surface area contributed by atoms with E-state index in [4.69, 9.17) is 4.74 Å². The second-order valence-electron chi connectivity index (χ2n) is 18.7. The van der Waals surface area contributed by atoms with Crippen molar-refractivity contribution in [2.75, 3.05) is 13.1 Å². The maximum absolute atomic E-state index is 13.1. The average molecular weight is 606 g/mol. The molecule has 5 N–H and O–H groups in total. The smallest absolute Gasteiger partial charge is 0.306 e. The molecule has 0 aromatic carbocycles. The van der Waals surface area contributed by atoms with Gasteiger partial charge in [-0.2, -0.15) is 0 Å². The maximum Gasteiger partial charge on any atom is 0.306 e. The van der Waals surface area contributed by atoms with Gasteiger partial charge in [0.15, 0.2) is 0 Å². The molecule has 3 aliphatic rings. The molecule has 3 saturated heterocycles. The van der Waals surface area contributed by atoms with Gasteiger partial charge in [0.25, 0.3) is 0 Å². The van der Waals surface area contributed by atoms with Crippen molar-refractivity contribution in [3.63, 3.8) is 0 Å². The van der Waals surface area contributed by atoms with Crippen molar-refractivity contribution in [3.05, 3.63) is 0 Å². The molecule has 1 unspecified atom stereocenters. The van der Waals surface area contributed by atoms with Crippen LogP contribution in [0.1, 0.15) is 154 Å². The Kier molecular flexibility index (Phi) is 11.9. The Labute approximate surface area is 266 Å². The van der Waals surface area contributed by atoms with Crippen molar-refractivity contribution in [1.82, 2.24) is 26.6 Å². The lowest BCUT2D eigenvalue weighted by Crippen LogP contribution is -2.61. The molecule has 3 fully saturated rings. The standard InChI is InChI=1S/C36H71N5O2/c1-31(2)19-27(20-32(3,4)39-31)37-18-14-13-15-26(25-38-28-21-33(5,6)40-34(7,8)22-28)16-17-30(42)43-29-23-35(9,10)41-36(11,12)24-29/h26-29,37-41H,13-25H2,1-12H3. The van der Waals surface area contributed by atoms with Crippen molar-refractivity contribution in [3.8, 4) is 0 Å². The molecule has 3 rings (SSSR count). The van der Waals surface area contributed by atoms with Crippen molar-refractivity contribution in [2.24, 2.45) is 5.92 Å². The van der Waals surface area contributed by atoms with Crippen molar-refractivity contribution >= 4 is 5.97 Å². The summed E-state index contributed by atoms with van der Waals surface area (Å²) in [5.74, 6) is 0.455. The van der Waals surface area contributed by atoms with E-state index in [1.54, 1.807) is 0 Å². The average Bonchev–Trinajstić information content (AvgIpc) is 2.73. The van der Waals surface area contributed by atoms with Crippen LogP contribution in [-0.2, 0) is 9.53 Å². The molecule has 0 aromatic rings. The van der Waals surface area contributed by atoms with E-state index >= 15 is 0 Å². The molecule has 0 spiro atoms. The normalized spacial score (nSPS) is 27.4. The third-order valence-electron chi connectivity index (χ3n) is 9.76. The van der Waals surface area contributed by atoms with Gasteiger partial charge >= 0.3 is 5.97 Å². The zero-order chi connectivity index (χ0) is 32.3. The number of hydrogen-bond acceptors (Lipinski definition) is 7. The Bertz CT molecular complexity index is 861. The van der Waals surface area contributed by atoms with Gasteiger partial charge in [0.2, 0.25) is 0 Å². The molecule has 0 amide bonds. The van der Waals surface area contributed by atoms with Gasteiger partial charge in [-0.1, -0.05) is 6.42 Å². The van der Waals surface area contributed by atoms with Crippen LogP contribution in [0.2, 0.25) is 0 Å². The zero-order valence-corrected chi connectivity index (χ0v) is 30.3. The van der Waals surface area contributed by atoms with Crippen LogP contribution < -0.4 is 26.6 Å². The van der Waals surface area contributed by atoms with E-state index in [2.05, 4.69) is 110 Å². The summed E-state index contributed by atoms with van der Waals surface area (Å²) >= 11 is 0. The number of carbonyl (C=O) groups is 1. The van der Waals surface area contributed by atoms with Gasteiger partial charge in [0, 0.05) is 64.6 Å². The van der Waals surface area contributed by atoms with E-state index < -0.39 is 0 Å². The minimum absolute atomic E-state index is 0.00876. The van der Waals surface area contributed by atoms with Crippen LogP contribution in [-0.4, -0.2) is 70.5 Å². The van der Waals surface area contributed by atoms with E-state index in [9.17, 15) is 4.79 Å². The van der Waals surface area contributed by atoms with E-state index in [1.165, 1.54) is 25.7 Å². The molecule has 7 heteroatoms. The van der Waals surface area contributed by atoms with E-state index in [1.807, 2.05) is 0 Å². The third kappa shape index (κ3) is 13.3. The van der Waals surface area contributed by atoms with E-state index in [0.29, 0.717) is 24.4 Å². The summed E-state index contributed by atoms with van der Waals surface area (Å²) in [6.45, 7) is 29.4. The highest BCUT2D eigenvalue weighted by Gasteiger charge is 2.40. The number of piperidine rings is 3. The van der Waals surface area contributed by atoms with Gasteiger partial charge in [0.05, 0.1) is 0 Å². The molecule has 7 nitrogen and oxygen atoms in total. The monoisotopic (exact) mass is 606 g/mol. The Hall–Kier alpha value is -0.730. The van der Waals surface area contributed by atoms with Gasteiger partial charge in [-0.3, -0.25) is 4.79 Å². The third-order valence-corrected chi connectivity index (χ3v) is 9.76. The highest BCUT2D eigenvalue weighted by atomic mass is 16.5. The van der Waals surface area contributed by atoms with Crippen LogP contribution >= 0.6 is 0 Å². The Morgan fingerprint density at radius 3 is 1.51 bits per heavy atom. The van der Waals surface area contributed by atoms with Gasteiger partial charge in [-0.15, -0.1) is 0 Å². The first kappa shape index (κ1) is 36.7. The fourth-order valence-electron chi connectivity index (χ4n) is 9.36. The van der Waals surface area contributed by atoms with Crippen LogP contribution in [0.25, 0.3) is 0 Å². The predicted molar refractivity (Wildman–Crippen MR) is 182 cm³/mol. The molecule has 0 saturated carbocycles. The summed E-state index contributed by atoms with van der Waals surface area (Å²) in [6.07, 6.45) is 11.2. The lowest BCUT2D eigenvalue weighted by Gasteiger charge is -2.47. The Morgan fingerprint density at radius 2 is 1.05 bits per heavy atom. The first-order chi connectivity index (χ1) is 19.5. The molecule has 43 heavy (non-hydrogen) atoms. The molecule has 3 heterocycles. The summed E-state index contributed by atoms with van der Waals surface area (Å²) in [5.41, 5.74) is 0.536. The number of unbranched alkanes of at least 4 members (excludes halogenated alkanes) is 1. The SMILES string of the molecule is CC1(C)CC(NCCCCC(CCC(=O)OC2CC(C)(C)NC(C)(C)C2)CNC2CC(C)(C)NC(C)(C)C2)CC(C)(C)N1. The zero-order valence-electron chi connectivity index (χ0n) is 30.3. The van der Waals surface area contributed by atoms with E-state index in [-0.39, 0.29) is 45.3 Å². The fourth-order valence-corrected chi connectivity index (χ4v) is 9.36. The number of carbonyl (C=O) groups excluding carboxylic acids is 1. The Morgan fingerprint density at radius 1 is 0.628 bits per heavy atom. The second-order valence-corrected chi connectivity index (χ2v) is 18.7. The molecular weight excluding hydrogens is 534 g/mol. The minimum atomic E-state index is -0.0246. The number of rotatable bonds is 13. The van der Waals surface area contributed by atoms with Crippen LogP contribution in [0.15, 0.2) is 0 Å². The molecule has 0 aromatic heterocycles. The molecular formula is C36H71N5O2. The minimum Gasteiger partial charge on any atom is -0.462 e. The quantitative estimate of drug-likeness (QED) is 0.126. The molecule has 3 aliphatic heterocycles. The molecule has 0 aliphatic carbocycles. The first-order valence-corrected chi connectivity index (χ1v) is 17.6. The van der Waals surface area contributed by atoms with Crippen LogP contribution in [0.5, 0.6) is 0 Å². The molecule has 252 valence electrons. The van der Waals surface area contributed by atoms with Crippen molar-refractivity contribution in [2.45, 2.75) is 205 Å². The molecule has 0 bridgehead atoms. The lowest BCUT2D eigenvalue weighted by molar-refractivity contribution is -0.153. The highest BCUT2D eigenvalue weighted by molar-refractivity contribution is 5.69. The summed E-state index contributed by atoms with van der Waals surface area (Å²) < 4.78 is 6.08. The second kappa shape index (κ2) is 13.9. The summed E-state index contributed by atoms with van der Waals surface area (Å²) in [7, 11) is 0.